The summed E-state index contributed by atoms with van der Waals surface area (Å²) in [6, 6.07) is 4.17. The molecule has 1 heterocycles. The number of thiophene rings is 1. The Morgan fingerprint density at radius 3 is 3.00 bits per heavy atom. The summed E-state index contributed by atoms with van der Waals surface area (Å²) in [6.07, 6.45) is 2.58. The molecule has 0 fully saturated rings. The summed E-state index contributed by atoms with van der Waals surface area (Å²) in [6.45, 7) is 4.59. The van der Waals surface area contributed by atoms with E-state index in [9.17, 15) is 4.79 Å². The van der Waals surface area contributed by atoms with Crippen molar-refractivity contribution in [3.8, 4) is 0 Å². The first kappa shape index (κ1) is 13.2. The van der Waals surface area contributed by atoms with Crippen LogP contribution < -0.4 is 10.6 Å². The molecule has 0 aliphatic heterocycles. The zero-order valence-corrected chi connectivity index (χ0v) is 10.6. The van der Waals surface area contributed by atoms with Crippen LogP contribution in [0.5, 0.6) is 0 Å². The first-order chi connectivity index (χ1) is 7.83. The summed E-state index contributed by atoms with van der Waals surface area (Å²) in [5.41, 5.74) is 0. The van der Waals surface area contributed by atoms with Gasteiger partial charge in [0.05, 0.1) is 0 Å². The van der Waals surface area contributed by atoms with Gasteiger partial charge in [0.2, 0.25) is 5.91 Å². The van der Waals surface area contributed by atoms with Gasteiger partial charge in [0.15, 0.2) is 0 Å². The second kappa shape index (κ2) is 8.30. The van der Waals surface area contributed by atoms with E-state index in [-0.39, 0.29) is 5.91 Å². The Bertz CT molecular complexity index is 285. The van der Waals surface area contributed by atoms with Crippen molar-refractivity contribution < 1.29 is 4.79 Å². The average Bonchev–Trinajstić information content (AvgIpc) is 2.77. The molecule has 2 N–H and O–H groups in total. The van der Waals surface area contributed by atoms with Crippen molar-refractivity contribution in [2.45, 2.75) is 26.2 Å². The SMILES string of the molecule is CCNCCNC(=O)CCCc1cccs1. The van der Waals surface area contributed by atoms with Gasteiger partial charge in [-0.05, 0) is 30.8 Å². The number of amides is 1. The maximum Gasteiger partial charge on any atom is 0.220 e. The highest BCUT2D eigenvalue weighted by molar-refractivity contribution is 7.09. The maximum absolute atomic E-state index is 11.4. The lowest BCUT2D eigenvalue weighted by atomic mass is 10.2. The standard InChI is InChI=1S/C12H20N2OS/c1-2-13-8-9-14-12(15)7-3-5-11-6-4-10-16-11/h4,6,10,13H,2-3,5,7-9H2,1H3,(H,14,15). The van der Waals surface area contributed by atoms with Gasteiger partial charge >= 0.3 is 0 Å². The third-order valence-electron chi connectivity index (χ3n) is 2.28. The average molecular weight is 240 g/mol. The monoisotopic (exact) mass is 240 g/mol. The van der Waals surface area contributed by atoms with Gasteiger partial charge in [-0.2, -0.15) is 0 Å². The summed E-state index contributed by atoms with van der Waals surface area (Å²) in [4.78, 5) is 12.8. The van der Waals surface area contributed by atoms with Gasteiger partial charge < -0.3 is 10.6 Å². The summed E-state index contributed by atoms with van der Waals surface area (Å²) < 4.78 is 0. The Hall–Kier alpha value is -0.870. The van der Waals surface area contributed by atoms with Crippen LogP contribution in [0.1, 0.15) is 24.6 Å². The highest BCUT2D eigenvalue weighted by atomic mass is 32.1. The van der Waals surface area contributed by atoms with Crippen LogP contribution >= 0.6 is 11.3 Å². The van der Waals surface area contributed by atoms with Crippen LogP contribution in [0.15, 0.2) is 17.5 Å². The van der Waals surface area contributed by atoms with E-state index in [0.717, 1.165) is 32.5 Å². The molecule has 1 rings (SSSR count). The second-order valence-corrected chi connectivity index (χ2v) is 4.67. The van der Waals surface area contributed by atoms with Crippen LogP contribution in [0.2, 0.25) is 0 Å². The second-order valence-electron chi connectivity index (χ2n) is 3.64. The van der Waals surface area contributed by atoms with E-state index in [1.807, 2.05) is 0 Å². The van der Waals surface area contributed by atoms with Crippen LogP contribution in [0, 0.1) is 0 Å². The number of hydrogen-bond acceptors (Lipinski definition) is 3. The van der Waals surface area contributed by atoms with E-state index in [4.69, 9.17) is 0 Å². The Morgan fingerprint density at radius 1 is 1.44 bits per heavy atom. The molecule has 0 aliphatic carbocycles. The first-order valence-electron chi connectivity index (χ1n) is 5.82. The molecule has 0 saturated carbocycles. The Morgan fingerprint density at radius 2 is 2.31 bits per heavy atom. The topological polar surface area (TPSA) is 41.1 Å². The number of nitrogens with one attached hydrogen (secondary N) is 2. The zero-order chi connectivity index (χ0) is 11.6. The van der Waals surface area contributed by atoms with E-state index in [0.29, 0.717) is 6.42 Å². The smallest absolute Gasteiger partial charge is 0.220 e. The molecule has 16 heavy (non-hydrogen) atoms. The lowest BCUT2D eigenvalue weighted by Crippen LogP contribution is -2.31. The fourth-order valence-electron chi connectivity index (χ4n) is 1.43. The first-order valence-corrected chi connectivity index (χ1v) is 6.70. The van der Waals surface area contributed by atoms with Crippen molar-refractivity contribution in [1.29, 1.82) is 0 Å². The highest BCUT2D eigenvalue weighted by Gasteiger charge is 2.01. The van der Waals surface area contributed by atoms with Crippen molar-refractivity contribution in [1.82, 2.24) is 10.6 Å². The van der Waals surface area contributed by atoms with Gasteiger partial charge in [-0.3, -0.25) is 4.79 Å². The summed E-state index contributed by atoms with van der Waals surface area (Å²) in [7, 11) is 0. The van der Waals surface area contributed by atoms with Crippen LogP contribution in [0.4, 0.5) is 0 Å². The summed E-state index contributed by atoms with van der Waals surface area (Å²) in [5.74, 6) is 0.162. The lowest BCUT2D eigenvalue weighted by Gasteiger charge is -2.04. The minimum absolute atomic E-state index is 0.162. The van der Waals surface area contributed by atoms with Gasteiger partial charge in [-0.1, -0.05) is 13.0 Å². The molecule has 90 valence electrons. The number of hydrogen-bond donors (Lipinski definition) is 2. The molecular weight excluding hydrogens is 220 g/mol. The van der Waals surface area contributed by atoms with E-state index in [2.05, 4.69) is 35.1 Å². The lowest BCUT2D eigenvalue weighted by molar-refractivity contribution is -0.121. The van der Waals surface area contributed by atoms with Gasteiger partial charge in [-0.15, -0.1) is 11.3 Å². The normalized spacial score (nSPS) is 10.3. The Balaban J connectivity index is 1.98. The van der Waals surface area contributed by atoms with Gasteiger partial charge in [0.1, 0.15) is 0 Å². The van der Waals surface area contributed by atoms with Crippen LogP contribution in [0.3, 0.4) is 0 Å². The largest absolute Gasteiger partial charge is 0.355 e. The predicted molar refractivity (Wildman–Crippen MR) is 68.8 cm³/mol. The third-order valence-corrected chi connectivity index (χ3v) is 3.22. The molecule has 0 saturated heterocycles. The Kier molecular flexibility index (Phi) is 6.85. The van der Waals surface area contributed by atoms with E-state index < -0.39 is 0 Å². The highest BCUT2D eigenvalue weighted by Crippen LogP contribution is 2.11. The number of rotatable bonds is 8. The molecule has 1 aromatic heterocycles. The van der Waals surface area contributed by atoms with Crippen molar-refractivity contribution in [2.24, 2.45) is 0 Å². The van der Waals surface area contributed by atoms with E-state index in [1.165, 1.54) is 4.88 Å². The van der Waals surface area contributed by atoms with Gasteiger partial charge in [0.25, 0.3) is 0 Å². The molecule has 0 atom stereocenters. The third kappa shape index (κ3) is 5.88. The predicted octanol–water partition coefficient (Wildman–Crippen LogP) is 1.80. The summed E-state index contributed by atoms with van der Waals surface area (Å²) >= 11 is 1.76. The fourth-order valence-corrected chi connectivity index (χ4v) is 2.18. The van der Waals surface area contributed by atoms with Crippen molar-refractivity contribution in [3.63, 3.8) is 0 Å². The molecule has 1 amide bonds. The van der Waals surface area contributed by atoms with Crippen LogP contribution in [-0.4, -0.2) is 25.5 Å². The van der Waals surface area contributed by atoms with Crippen molar-refractivity contribution in [3.05, 3.63) is 22.4 Å². The summed E-state index contributed by atoms with van der Waals surface area (Å²) in [5, 5.41) is 8.14. The molecule has 1 aromatic rings. The van der Waals surface area contributed by atoms with E-state index >= 15 is 0 Å². The number of aryl methyl sites for hydroxylation is 1. The van der Waals surface area contributed by atoms with Crippen LogP contribution in [-0.2, 0) is 11.2 Å². The molecule has 0 unspecified atom stereocenters. The molecule has 3 nitrogen and oxygen atoms in total. The molecule has 0 aliphatic rings. The minimum atomic E-state index is 0.162. The molecule has 0 aromatic carbocycles. The van der Waals surface area contributed by atoms with Gasteiger partial charge in [0, 0.05) is 24.4 Å². The maximum atomic E-state index is 11.4. The molecule has 0 bridgehead atoms. The minimum Gasteiger partial charge on any atom is -0.355 e. The number of carbonyl (C=O) groups is 1. The fraction of sp³-hybridized carbons (Fsp3) is 0.583. The zero-order valence-electron chi connectivity index (χ0n) is 9.79. The van der Waals surface area contributed by atoms with Gasteiger partial charge in [-0.25, -0.2) is 0 Å². The Labute approximate surface area is 101 Å². The number of carbonyl (C=O) groups excluding carboxylic acids is 1. The molecule has 4 heteroatoms. The van der Waals surface area contributed by atoms with Crippen molar-refractivity contribution >= 4 is 17.2 Å². The quantitative estimate of drug-likeness (QED) is 0.680. The molecule has 0 spiro atoms. The molecule has 0 radical (unpaired) electrons. The van der Waals surface area contributed by atoms with E-state index in [1.54, 1.807) is 11.3 Å². The number of likely N-dealkylation sites (N-methyl/N-ethyl adjacent to an activating group) is 1. The molecular formula is C12H20N2OS. The van der Waals surface area contributed by atoms with Crippen molar-refractivity contribution in [2.75, 3.05) is 19.6 Å². The van der Waals surface area contributed by atoms with Crippen LogP contribution in [0.25, 0.3) is 0 Å².